The third kappa shape index (κ3) is 4.53. The van der Waals surface area contributed by atoms with Crippen molar-refractivity contribution in [3.63, 3.8) is 0 Å². The summed E-state index contributed by atoms with van der Waals surface area (Å²) in [7, 11) is 0. The molecule has 1 saturated carbocycles. The van der Waals surface area contributed by atoms with E-state index < -0.39 is 0 Å². The van der Waals surface area contributed by atoms with Crippen LogP contribution in [0.3, 0.4) is 0 Å². The summed E-state index contributed by atoms with van der Waals surface area (Å²) < 4.78 is 5.97. The largest absolute Gasteiger partial charge is 0.490 e. The van der Waals surface area contributed by atoms with Gasteiger partial charge < -0.3 is 10.1 Å². The van der Waals surface area contributed by atoms with E-state index in [2.05, 4.69) is 10.3 Å². The van der Waals surface area contributed by atoms with Crippen LogP contribution in [-0.4, -0.2) is 23.0 Å². The normalized spacial score (nSPS) is 19.4. The molecule has 1 fully saturated rings. The summed E-state index contributed by atoms with van der Waals surface area (Å²) >= 11 is 6.04. The average Bonchev–Trinajstić information content (AvgIpc) is 2.64. The maximum Gasteiger partial charge on any atom is 0.253 e. The maximum absolute atomic E-state index is 12.3. The number of ether oxygens (including phenoxy) is 1. The number of nitrogens with one attached hydrogen (secondary N) is 1. The number of pyridine rings is 1. The molecule has 0 aliphatic heterocycles. The molecule has 3 rings (SSSR count). The molecule has 5 nitrogen and oxygen atoms in total. The van der Waals surface area contributed by atoms with Crippen LogP contribution >= 0.6 is 11.6 Å². The standard InChI is InChI=1S/C20H20ClN3O2/c1-13-2-3-15(12-23-13)20(25)24-16-5-8-17(9-6-16)26-18-7-4-14(11-22)19(21)10-18/h2-4,7,10,12,16-17H,5-6,8-9H2,1H3,(H,24,25). The Labute approximate surface area is 158 Å². The number of rotatable bonds is 4. The minimum absolute atomic E-state index is 0.0826. The molecule has 1 aromatic carbocycles. The van der Waals surface area contributed by atoms with Gasteiger partial charge in [-0.2, -0.15) is 5.26 Å². The Balaban J connectivity index is 1.49. The molecule has 6 heteroatoms. The van der Waals surface area contributed by atoms with E-state index >= 15 is 0 Å². The Hall–Kier alpha value is -2.58. The monoisotopic (exact) mass is 369 g/mol. The summed E-state index contributed by atoms with van der Waals surface area (Å²) in [4.78, 5) is 16.4. The van der Waals surface area contributed by atoms with E-state index in [-0.39, 0.29) is 18.1 Å². The van der Waals surface area contributed by atoms with Crippen molar-refractivity contribution in [2.24, 2.45) is 0 Å². The predicted molar refractivity (Wildman–Crippen MR) is 99.3 cm³/mol. The van der Waals surface area contributed by atoms with Crippen molar-refractivity contribution in [2.45, 2.75) is 44.8 Å². The topological polar surface area (TPSA) is 75.0 Å². The van der Waals surface area contributed by atoms with Gasteiger partial charge in [-0.25, -0.2) is 0 Å². The lowest BCUT2D eigenvalue weighted by Gasteiger charge is -2.29. The maximum atomic E-state index is 12.3. The van der Waals surface area contributed by atoms with E-state index in [0.29, 0.717) is 21.9 Å². The van der Waals surface area contributed by atoms with Crippen LogP contribution in [0.1, 0.15) is 47.3 Å². The second kappa shape index (κ2) is 8.20. The molecule has 0 saturated heterocycles. The highest BCUT2D eigenvalue weighted by Crippen LogP contribution is 2.27. The number of nitriles is 1. The summed E-state index contributed by atoms with van der Waals surface area (Å²) in [5, 5.41) is 12.4. The highest BCUT2D eigenvalue weighted by atomic mass is 35.5. The van der Waals surface area contributed by atoms with Crippen LogP contribution in [0.25, 0.3) is 0 Å². The molecule has 1 amide bonds. The number of carbonyl (C=O) groups excluding carboxylic acids is 1. The van der Waals surface area contributed by atoms with Gasteiger partial charge in [0, 0.05) is 24.0 Å². The number of halogens is 1. The van der Waals surface area contributed by atoms with Gasteiger partial charge in [0.2, 0.25) is 0 Å². The number of hydrogen-bond donors (Lipinski definition) is 1. The first kappa shape index (κ1) is 18.2. The van der Waals surface area contributed by atoms with Gasteiger partial charge in [-0.1, -0.05) is 11.6 Å². The van der Waals surface area contributed by atoms with Gasteiger partial charge in [0.05, 0.1) is 22.3 Å². The second-order valence-electron chi connectivity index (χ2n) is 6.51. The van der Waals surface area contributed by atoms with Crippen LogP contribution in [0.2, 0.25) is 5.02 Å². The molecule has 134 valence electrons. The van der Waals surface area contributed by atoms with Crippen molar-refractivity contribution in [1.29, 1.82) is 5.26 Å². The molecular weight excluding hydrogens is 350 g/mol. The molecule has 2 aromatic rings. The Kier molecular flexibility index (Phi) is 5.75. The zero-order valence-electron chi connectivity index (χ0n) is 14.5. The number of carbonyl (C=O) groups is 1. The van der Waals surface area contributed by atoms with E-state index in [4.69, 9.17) is 21.6 Å². The fraction of sp³-hybridized carbons (Fsp3) is 0.350. The number of aromatic nitrogens is 1. The third-order valence-electron chi connectivity index (χ3n) is 4.55. The number of amides is 1. The van der Waals surface area contributed by atoms with Crippen molar-refractivity contribution >= 4 is 17.5 Å². The zero-order valence-corrected chi connectivity index (χ0v) is 15.3. The van der Waals surface area contributed by atoms with Gasteiger partial charge >= 0.3 is 0 Å². The van der Waals surface area contributed by atoms with Crippen LogP contribution in [0.15, 0.2) is 36.5 Å². The van der Waals surface area contributed by atoms with Crippen LogP contribution in [0, 0.1) is 18.3 Å². The van der Waals surface area contributed by atoms with E-state index in [1.54, 1.807) is 30.5 Å². The van der Waals surface area contributed by atoms with Crippen molar-refractivity contribution in [3.05, 3.63) is 58.4 Å². The van der Waals surface area contributed by atoms with Gasteiger partial charge in [-0.15, -0.1) is 0 Å². The van der Waals surface area contributed by atoms with Crippen molar-refractivity contribution in [2.75, 3.05) is 0 Å². The fourth-order valence-electron chi connectivity index (χ4n) is 3.05. The average molecular weight is 370 g/mol. The van der Waals surface area contributed by atoms with Crippen LogP contribution in [-0.2, 0) is 0 Å². The minimum atomic E-state index is -0.0826. The highest BCUT2D eigenvalue weighted by Gasteiger charge is 2.24. The molecule has 0 unspecified atom stereocenters. The van der Waals surface area contributed by atoms with E-state index in [1.807, 2.05) is 19.1 Å². The minimum Gasteiger partial charge on any atom is -0.490 e. The van der Waals surface area contributed by atoms with Crippen LogP contribution in [0.5, 0.6) is 5.75 Å². The number of aryl methyl sites for hydroxylation is 1. The quantitative estimate of drug-likeness (QED) is 0.882. The Morgan fingerprint density at radius 3 is 2.65 bits per heavy atom. The van der Waals surface area contributed by atoms with Gasteiger partial charge in [0.15, 0.2) is 0 Å². The summed E-state index contributed by atoms with van der Waals surface area (Å²) in [5.74, 6) is 0.591. The molecule has 26 heavy (non-hydrogen) atoms. The van der Waals surface area contributed by atoms with Gasteiger partial charge in [0.1, 0.15) is 11.8 Å². The SMILES string of the molecule is Cc1ccc(C(=O)NC2CCC(Oc3ccc(C#N)c(Cl)c3)CC2)cn1. The first-order valence-corrected chi connectivity index (χ1v) is 9.03. The second-order valence-corrected chi connectivity index (χ2v) is 6.91. The van der Waals surface area contributed by atoms with Gasteiger partial charge in [-0.05, 0) is 56.9 Å². The zero-order chi connectivity index (χ0) is 18.5. The number of benzene rings is 1. The van der Waals surface area contributed by atoms with E-state index in [9.17, 15) is 4.79 Å². The van der Waals surface area contributed by atoms with Crippen molar-refractivity contribution in [3.8, 4) is 11.8 Å². The Bertz CT molecular complexity index is 822. The fourth-order valence-corrected chi connectivity index (χ4v) is 3.26. The first-order valence-electron chi connectivity index (χ1n) is 8.65. The molecular formula is C20H20ClN3O2. The molecule has 1 aromatic heterocycles. The lowest BCUT2D eigenvalue weighted by Crippen LogP contribution is -2.39. The Morgan fingerprint density at radius 1 is 1.27 bits per heavy atom. The van der Waals surface area contributed by atoms with Crippen LogP contribution < -0.4 is 10.1 Å². The van der Waals surface area contributed by atoms with Gasteiger partial charge in [0.25, 0.3) is 5.91 Å². The number of nitrogens with zero attached hydrogens (tertiary/aromatic N) is 2. The van der Waals surface area contributed by atoms with E-state index in [0.717, 1.165) is 31.4 Å². The molecule has 1 heterocycles. The van der Waals surface area contributed by atoms with Gasteiger partial charge in [-0.3, -0.25) is 9.78 Å². The summed E-state index contributed by atoms with van der Waals surface area (Å²) in [6.07, 6.45) is 5.13. The van der Waals surface area contributed by atoms with Crippen LogP contribution in [0.4, 0.5) is 0 Å². The first-order chi connectivity index (χ1) is 12.5. The lowest BCUT2D eigenvalue weighted by atomic mass is 9.92. The summed E-state index contributed by atoms with van der Waals surface area (Å²) in [5.41, 5.74) is 1.92. The predicted octanol–water partition coefficient (Wildman–Crippen LogP) is 4.04. The molecule has 0 atom stereocenters. The molecule has 1 aliphatic rings. The highest BCUT2D eigenvalue weighted by molar-refractivity contribution is 6.31. The van der Waals surface area contributed by atoms with Crippen molar-refractivity contribution in [1.82, 2.24) is 10.3 Å². The lowest BCUT2D eigenvalue weighted by molar-refractivity contribution is 0.0893. The third-order valence-corrected chi connectivity index (χ3v) is 4.86. The Morgan fingerprint density at radius 2 is 2.04 bits per heavy atom. The summed E-state index contributed by atoms with van der Waals surface area (Å²) in [6, 6.07) is 10.9. The molecule has 1 aliphatic carbocycles. The number of hydrogen-bond acceptors (Lipinski definition) is 4. The molecule has 1 N–H and O–H groups in total. The molecule has 0 radical (unpaired) electrons. The van der Waals surface area contributed by atoms with Crippen molar-refractivity contribution < 1.29 is 9.53 Å². The van der Waals surface area contributed by atoms with E-state index in [1.165, 1.54) is 0 Å². The molecule has 0 bridgehead atoms. The summed E-state index contributed by atoms with van der Waals surface area (Å²) in [6.45, 7) is 1.89. The molecule has 0 spiro atoms. The smallest absolute Gasteiger partial charge is 0.253 e.